The summed E-state index contributed by atoms with van der Waals surface area (Å²) in [7, 11) is 0. The molecule has 0 fully saturated rings. The summed E-state index contributed by atoms with van der Waals surface area (Å²) in [6.45, 7) is 4.27. The van der Waals surface area contributed by atoms with E-state index in [2.05, 4.69) is 32.0 Å². The highest BCUT2D eigenvalue weighted by atomic mass is 16.3. The molecule has 1 unspecified atom stereocenters. The fourth-order valence-electron chi connectivity index (χ4n) is 2.26. The maximum atomic E-state index is 10.5. The van der Waals surface area contributed by atoms with Crippen molar-refractivity contribution in [3.05, 3.63) is 70.8 Å². The molecule has 1 nitrogen and oxygen atoms in total. The van der Waals surface area contributed by atoms with Crippen LogP contribution in [0.1, 0.15) is 42.2 Å². The second-order valence-electron chi connectivity index (χ2n) is 4.55. The van der Waals surface area contributed by atoms with E-state index < -0.39 is 6.10 Å². The molecule has 0 aliphatic heterocycles. The Kier molecular flexibility index (Phi) is 4.16. The van der Waals surface area contributed by atoms with Crippen LogP contribution in [0, 0.1) is 0 Å². The number of hydrogen-bond donors (Lipinski definition) is 1. The van der Waals surface area contributed by atoms with Gasteiger partial charge in [0.05, 0.1) is 0 Å². The quantitative estimate of drug-likeness (QED) is 0.859. The van der Waals surface area contributed by atoms with Crippen molar-refractivity contribution < 1.29 is 5.11 Å². The molecule has 0 saturated carbocycles. The molecule has 1 atom stereocenters. The van der Waals surface area contributed by atoms with Crippen LogP contribution in [0.4, 0.5) is 0 Å². The number of benzene rings is 2. The summed E-state index contributed by atoms with van der Waals surface area (Å²) in [6.07, 6.45) is 1.43. The van der Waals surface area contributed by atoms with Gasteiger partial charge in [-0.25, -0.2) is 0 Å². The molecule has 0 bridgehead atoms. The van der Waals surface area contributed by atoms with Gasteiger partial charge in [-0.05, 0) is 35.1 Å². The first-order chi connectivity index (χ1) is 8.76. The van der Waals surface area contributed by atoms with Crippen LogP contribution in [0.2, 0.25) is 0 Å². The van der Waals surface area contributed by atoms with E-state index in [1.165, 1.54) is 11.1 Å². The normalized spacial score (nSPS) is 12.4. The van der Waals surface area contributed by atoms with Gasteiger partial charge in [0, 0.05) is 0 Å². The largest absolute Gasteiger partial charge is 0.384 e. The Morgan fingerprint density at radius 2 is 1.67 bits per heavy atom. The highest BCUT2D eigenvalue weighted by Gasteiger charge is 2.13. The lowest BCUT2D eigenvalue weighted by atomic mass is 9.93. The van der Waals surface area contributed by atoms with E-state index in [0.717, 1.165) is 24.0 Å². The van der Waals surface area contributed by atoms with Crippen molar-refractivity contribution in [3.63, 3.8) is 0 Å². The van der Waals surface area contributed by atoms with Crippen LogP contribution in [-0.4, -0.2) is 5.11 Å². The smallest absolute Gasteiger partial charge is 0.104 e. The van der Waals surface area contributed by atoms with Crippen LogP contribution in [0.5, 0.6) is 0 Å². The first-order valence-corrected chi connectivity index (χ1v) is 6.61. The lowest BCUT2D eigenvalue weighted by Crippen LogP contribution is -2.04. The fraction of sp³-hybridized carbons (Fsp3) is 0.294. The third-order valence-corrected chi connectivity index (χ3v) is 3.41. The number of rotatable bonds is 4. The van der Waals surface area contributed by atoms with Crippen LogP contribution in [0.15, 0.2) is 48.5 Å². The Balaban J connectivity index is 2.42. The maximum absolute atomic E-state index is 10.5. The van der Waals surface area contributed by atoms with Gasteiger partial charge in [0.2, 0.25) is 0 Å². The highest BCUT2D eigenvalue weighted by Crippen LogP contribution is 2.26. The third kappa shape index (κ3) is 2.62. The summed E-state index contributed by atoms with van der Waals surface area (Å²) in [5.74, 6) is 0. The summed E-state index contributed by atoms with van der Waals surface area (Å²) in [4.78, 5) is 0. The Bertz CT molecular complexity index is 502. The van der Waals surface area contributed by atoms with Crippen molar-refractivity contribution in [2.75, 3.05) is 0 Å². The minimum atomic E-state index is -0.521. The Morgan fingerprint density at radius 1 is 0.944 bits per heavy atom. The second kappa shape index (κ2) is 5.83. The average molecular weight is 240 g/mol. The van der Waals surface area contributed by atoms with Crippen molar-refractivity contribution in [1.82, 2.24) is 0 Å². The van der Waals surface area contributed by atoms with Crippen LogP contribution in [-0.2, 0) is 12.8 Å². The predicted molar refractivity (Wildman–Crippen MR) is 75.7 cm³/mol. The first kappa shape index (κ1) is 12.8. The van der Waals surface area contributed by atoms with Gasteiger partial charge in [-0.15, -0.1) is 0 Å². The molecule has 0 aromatic heterocycles. The molecule has 0 aliphatic rings. The van der Waals surface area contributed by atoms with Gasteiger partial charge in [0.1, 0.15) is 6.10 Å². The van der Waals surface area contributed by atoms with Crippen LogP contribution >= 0.6 is 0 Å². The van der Waals surface area contributed by atoms with Crippen LogP contribution in [0.25, 0.3) is 0 Å². The van der Waals surface area contributed by atoms with Gasteiger partial charge < -0.3 is 5.11 Å². The minimum absolute atomic E-state index is 0.521. The molecule has 2 aromatic rings. The van der Waals surface area contributed by atoms with E-state index in [1.807, 2.05) is 30.3 Å². The third-order valence-electron chi connectivity index (χ3n) is 3.41. The summed E-state index contributed by atoms with van der Waals surface area (Å²) >= 11 is 0. The van der Waals surface area contributed by atoms with Gasteiger partial charge >= 0.3 is 0 Å². The van der Waals surface area contributed by atoms with E-state index >= 15 is 0 Å². The molecular weight excluding hydrogens is 220 g/mol. The summed E-state index contributed by atoms with van der Waals surface area (Å²) in [5.41, 5.74) is 4.50. The van der Waals surface area contributed by atoms with Crippen LogP contribution in [0.3, 0.4) is 0 Å². The van der Waals surface area contributed by atoms with E-state index in [4.69, 9.17) is 0 Å². The standard InChI is InChI=1S/C17H20O/c1-3-13-10-11-14(4-2)16(12-13)17(18)15-8-6-5-7-9-15/h5-12,17-18H,3-4H2,1-2H3. The van der Waals surface area contributed by atoms with E-state index in [0.29, 0.717) is 0 Å². The zero-order chi connectivity index (χ0) is 13.0. The number of aliphatic hydroxyl groups is 1. The van der Waals surface area contributed by atoms with Crippen LogP contribution < -0.4 is 0 Å². The summed E-state index contributed by atoms with van der Waals surface area (Å²) in [5, 5.41) is 10.5. The molecule has 2 aromatic carbocycles. The molecule has 2 rings (SSSR count). The lowest BCUT2D eigenvalue weighted by molar-refractivity contribution is 0.219. The van der Waals surface area contributed by atoms with Gasteiger partial charge in [0.15, 0.2) is 0 Å². The van der Waals surface area contributed by atoms with Gasteiger partial charge in [-0.2, -0.15) is 0 Å². The second-order valence-corrected chi connectivity index (χ2v) is 4.55. The van der Waals surface area contributed by atoms with Crippen molar-refractivity contribution in [2.45, 2.75) is 32.8 Å². The fourth-order valence-corrected chi connectivity index (χ4v) is 2.26. The van der Waals surface area contributed by atoms with Crippen molar-refractivity contribution in [3.8, 4) is 0 Å². The van der Waals surface area contributed by atoms with Gasteiger partial charge in [-0.3, -0.25) is 0 Å². The molecule has 0 heterocycles. The molecular formula is C17H20O. The number of aliphatic hydroxyl groups excluding tert-OH is 1. The van der Waals surface area contributed by atoms with Crippen molar-refractivity contribution in [2.24, 2.45) is 0 Å². The van der Waals surface area contributed by atoms with E-state index in [1.54, 1.807) is 0 Å². The zero-order valence-corrected chi connectivity index (χ0v) is 11.1. The average Bonchev–Trinajstić information content (AvgIpc) is 2.46. The SMILES string of the molecule is CCc1ccc(CC)c(C(O)c2ccccc2)c1. The molecule has 1 heteroatoms. The topological polar surface area (TPSA) is 20.2 Å². The molecule has 0 radical (unpaired) electrons. The summed E-state index contributed by atoms with van der Waals surface area (Å²) < 4.78 is 0. The van der Waals surface area contributed by atoms with Crippen molar-refractivity contribution >= 4 is 0 Å². The first-order valence-electron chi connectivity index (χ1n) is 6.61. The molecule has 94 valence electrons. The number of hydrogen-bond acceptors (Lipinski definition) is 1. The minimum Gasteiger partial charge on any atom is -0.384 e. The molecule has 18 heavy (non-hydrogen) atoms. The van der Waals surface area contributed by atoms with Gasteiger partial charge in [0.25, 0.3) is 0 Å². The van der Waals surface area contributed by atoms with E-state index in [9.17, 15) is 5.11 Å². The number of aryl methyl sites for hydroxylation is 2. The maximum Gasteiger partial charge on any atom is 0.104 e. The van der Waals surface area contributed by atoms with E-state index in [-0.39, 0.29) is 0 Å². The Hall–Kier alpha value is -1.60. The lowest BCUT2D eigenvalue weighted by Gasteiger charge is -2.16. The Labute approximate surface area is 109 Å². The highest BCUT2D eigenvalue weighted by molar-refractivity contribution is 5.38. The monoisotopic (exact) mass is 240 g/mol. The summed E-state index contributed by atoms with van der Waals surface area (Å²) in [6, 6.07) is 16.3. The predicted octanol–water partition coefficient (Wildman–Crippen LogP) is 3.89. The molecule has 1 N–H and O–H groups in total. The van der Waals surface area contributed by atoms with Gasteiger partial charge in [-0.1, -0.05) is 62.4 Å². The zero-order valence-electron chi connectivity index (χ0n) is 11.1. The molecule has 0 aliphatic carbocycles. The molecule has 0 saturated heterocycles. The molecule has 0 amide bonds. The molecule has 0 spiro atoms. The Morgan fingerprint density at radius 3 is 2.28 bits per heavy atom. The van der Waals surface area contributed by atoms with Crippen molar-refractivity contribution in [1.29, 1.82) is 0 Å².